The number of hydrogen-bond acceptors (Lipinski definition) is 5. The molecule has 6 heteroatoms. The van der Waals surface area contributed by atoms with Crippen molar-refractivity contribution in [2.24, 2.45) is 0 Å². The van der Waals surface area contributed by atoms with Gasteiger partial charge in [-0.15, -0.1) is 22.7 Å². The fraction of sp³-hybridized carbons (Fsp3) is 0.222. The lowest BCUT2D eigenvalue weighted by molar-refractivity contribution is 0.0527. The maximum Gasteiger partial charge on any atom is 0.341 e. The summed E-state index contributed by atoms with van der Waals surface area (Å²) in [6.45, 7) is 5.86. The van der Waals surface area contributed by atoms with Crippen LogP contribution in [0.15, 0.2) is 30.3 Å². The second-order valence-electron chi connectivity index (χ2n) is 5.31. The Morgan fingerprint density at radius 2 is 1.92 bits per heavy atom. The molecule has 0 spiro atoms. The summed E-state index contributed by atoms with van der Waals surface area (Å²) in [5, 5.41) is 4.46. The van der Waals surface area contributed by atoms with E-state index in [-0.39, 0.29) is 5.91 Å². The smallest absolute Gasteiger partial charge is 0.341 e. The number of ether oxygens (including phenoxy) is 1. The maximum absolute atomic E-state index is 12.6. The third-order valence-corrected chi connectivity index (χ3v) is 5.98. The number of amides is 1. The first-order chi connectivity index (χ1) is 11.5. The molecule has 24 heavy (non-hydrogen) atoms. The molecule has 3 rings (SSSR count). The lowest BCUT2D eigenvalue weighted by Gasteiger charge is -2.06. The molecule has 0 aliphatic heterocycles. The highest BCUT2D eigenvalue weighted by Crippen LogP contribution is 2.34. The van der Waals surface area contributed by atoms with Crippen LogP contribution >= 0.6 is 22.7 Å². The molecule has 3 aromatic rings. The number of hydrogen-bond donors (Lipinski definition) is 1. The van der Waals surface area contributed by atoms with Crippen LogP contribution in [0.5, 0.6) is 0 Å². The molecule has 0 bridgehead atoms. The Labute approximate surface area is 148 Å². The first-order valence-corrected chi connectivity index (χ1v) is 9.21. The Balaban J connectivity index is 1.91. The summed E-state index contributed by atoms with van der Waals surface area (Å²) >= 11 is 2.83. The van der Waals surface area contributed by atoms with Crippen LogP contribution < -0.4 is 5.32 Å². The Bertz CT molecular complexity index is 891. The summed E-state index contributed by atoms with van der Waals surface area (Å²) in [5.74, 6) is -0.603. The van der Waals surface area contributed by atoms with Crippen molar-refractivity contribution in [1.82, 2.24) is 0 Å². The molecule has 2 aromatic heterocycles. The van der Waals surface area contributed by atoms with Crippen LogP contribution in [0.2, 0.25) is 0 Å². The van der Waals surface area contributed by atoms with Crippen LogP contribution in [-0.2, 0) is 4.74 Å². The zero-order valence-corrected chi connectivity index (χ0v) is 15.3. The minimum atomic E-state index is -0.397. The molecule has 0 unspecified atom stereocenters. The van der Waals surface area contributed by atoms with E-state index < -0.39 is 5.97 Å². The monoisotopic (exact) mass is 359 g/mol. The van der Waals surface area contributed by atoms with Gasteiger partial charge in [-0.1, -0.05) is 18.2 Å². The lowest BCUT2D eigenvalue weighted by atomic mass is 10.1. The molecule has 0 saturated carbocycles. The minimum Gasteiger partial charge on any atom is -0.462 e. The van der Waals surface area contributed by atoms with Crippen molar-refractivity contribution in [2.45, 2.75) is 20.8 Å². The number of aryl methyl sites for hydroxylation is 1. The van der Waals surface area contributed by atoms with Gasteiger partial charge in [-0.3, -0.25) is 4.79 Å². The van der Waals surface area contributed by atoms with E-state index in [4.69, 9.17) is 4.74 Å². The standard InChI is InChI=1S/C18H17NO3S2/c1-4-22-18(21)15-10(2)11(3)23-17(15)19-16(20)14-9-12-7-5-6-8-13(12)24-14/h5-9H,4H2,1-3H3,(H,19,20). The highest BCUT2D eigenvalue weighted by Gasteiger charge is 2.23. The first-order valence-electron chi connectivity index (χ1n) is 7.58. The summed E-state index contributed by atoms with van der Waals surface area (Å²) in [6.07, 6.45) is 0. The largest absolute Gasteiger partial charge is 0.462 e. The fourth-order valence-corrected chi connectivity index (χ4v) is 4.42. The molecule has 0 aliphatic rings. The summed E-state index contributed by atoms with van der Waals surface area (Å²) in [5.41, 5.74) is 1.30. The molecule has 1 N–H and O–H groups in total. The molecule has 0 radical (unpaired) electrons. The summed E-state index contributed by atoms with van der Waals surface area (Å²) < 4.78 is 6.18. The first kappa shape index (κ1) is 16.7. The summed E-state index contributed by atoms with van der Waals surface area (Å²) in [4.78, 5) is 26.4. The van der Waals surface area contributed by atoms with Crippen molar-refractivity contribution in [1.29, 1.82) is 0 Å². The van der Waals surface area contributed by atoms with Gasteiger partial charge in [-0.2, -0.15) is 0 Å². The van der Waals surface area contributed by atoms with E-state index in [0.29, 0.717) is 22.0 Å². The molecule has 0 fully saturated rings. The number of esters is 1. The number of rotatable bonds is 4. The Kier molecular flexibility index (Phi) is 4.69. The van der Waals surface area contributed by atoms with Gasteiger partial charge >= 0.3 is 5.97 Å². The highest BCUT2D eigenvalue weighted by atomic mass is 32.1. The maximum atomic E-state index is 12.6. The van der Waals surface area contributed by atoms with Gasteiger partial charge in [0.15, 0.2) is 0 Å². The lowest BCUT2D eigenvalue weighted by Crippen LogP contribution is -2.13. The second-order valence-corrected chi connectivity index (χ2v) is 7.62. The second kappa shape index (κ2) is 6.75. The quantitative estimate of drug-likeness (QED) is 0.666. The van der Waals surface area contributed by atoms with E-state index in [1.54, 1.807) is 6.92 Å². The molecule has 0 atom stereocenters. The number of fused-ring (bicyclic) bond motifs is 1. The van der Waals surface area contributed by atoms with Crippen LogP contribution in [-0.4, -0.2) is 18.5 Å². The number of carbonyl (C=O) groups is 2. The molecule has 0 saturated heterocycles. The average Bonchev–Trinajstić information content (AvgIpc) is 3.09. The molecule has 0 aliphatic carbocycles. The van der Waals surface area contributed by atoms with Crippen molar-refractivity contribution < 1.29 is 14.3 Å². The Morgan fingerprint density at radius 1 is 1.17 bits per heavy atom. The topological polar surface area (TPSA) is 55.4 Å². The van der Waals surface area contributed by atoms with E-state index >= 15 is 0 Å². The van der Waals surface area contributed by atoms with Crippen LogP contribution in [0.3, 0.4) is 0 Å². The van der Waals surface area contributed by atoms with E-state index in [0.717, 1.165) is 20.5 Å². The van der Waals surface area contributed by atoms with Crippen molar-refractivity contribution in [3.8, 4) is 0 Å². The van der Waals surface area contributed by atoms with E-state index in [1.807, 2.05) is 44.2 Å². The summed E-state index contributed by atoms with van der Waals surface area (Å²) in [7, 11) is 0. The Morgan fingerprint density at radius 3 is 2.62 bits per heavy atom. The Hall–Kier alpha value is -2.18. The fourth-order valence-electron chi connectivity index (χ4n) is 2.42. The van der Waals surface area contributed by atoms with E-state index in [2.05, 4.69) is 5.32 Å². The van der Waals surface area contributed by atoms with Gasteiger partial charge in [-0.25, -0.2) is 4.79 Å². The van der Waals surface area contributed by atoms with Gasteiger partial charge in [0, 0.05) is 9.58 Å². The SMILES string of the molecule is CCOC(=O)c1c(NC(=O)c2cc3ccccc3s2)sc(C)c1C. The molecule has 4 nitrogen and oxygen atoms in total. The number of nitrogens with one attached hydrogen (secondary N) is 1. The van der Waals surface area contributed by atoms with Crippen LogP contribution in [0.1, 0.15) is 37.4 Å². The zero-order chi connectivity index (χ0) is 17.3. The third kappa shape index (κ3) is 3.07. The average molecular weight is 359 g/mol. The van der Waals surface area contributed by atoms with Crippen molar-refractivity contribution in [3.63, 3.8) is 0 Å². The summed E-state index contributed by atoms with van der Waals surface area (Å²) in [6, 6.07) is 9.73. The molecule has 124 valence electrons. The number of benzene rings is 1. The third-order valence-electron chi connectivity index (χ3n) is 3.74. The van der Waals surface area contributed by atoms with Gasteiger partial charge in [0.2, 0.25) is 0 Å². The van der Waals surface area contributed by atoms with Crippen LogP contribution in [0.4, 0.5) is 5.00 Å². The van der Waals surface area contributed by atoms with Gasteiger partial charge < -0.3 is 10.1 Å². The van der Waals surface area contributed by atoms with Crippen LogP contribution in [0, 0.1) is 13.8 Å². The predicted octanol–water partition coefficient (Wildman–Crippen LogP) is 5.01. The van der Waals surface area contributed by atoms with Gasteiger partial charge in [0.05, 0.1) is 17.0 Å². The van der Waals surface area contributed by atoms with Gasteiger partial charge in [0.25, 0.3) is 5.91 Å². The number of anilines is 1. The molecule has 2 heterocycles. The number of carbonyl (C=O) groups excluding carboxylic acids is 2. The van der Waals surface area contributed by atoms with Crippen molar-refractivity contribution >= 4 is 49.6 Å². The molecular weight excluding hydrogens is 342 g/mol. The van der Waals surface area contributed by atoms with Gasteiger partial charge in [-0.05, 0) is 43.9 Å². The molecule has 1 amide bonds. The van der Waals surface area contributed by atoms with Crippen molar-refractivity contribution in [2.75, 3.05) is 11.9 Å². The predicted molar refractivity (Wildman–Crippen MR) is 99.5 cm³/mol. The molecule has 1 aromatic carbocycles. The minimum absolute atomic E-state index is 0.206. The van der Waals surface area contributed by atoms with Gasteiger partial charge in [0.1, 0.15) is 5.00 Å². The van der Waals surface area contributed by atoms with Crippen molar-refractivity contribution in [3.05, 3.63) is 51.2 Å². The zero-order valence-electron chi connectivity index (χ0n) is 13.6. The molecular formula is C18H17NO3S2. The number of thiophene rings is 2. The van der Waals surface area contributed by atoms with Crippen LogP contribution in [0.25, 0.3) is 10.1 Å². The van der Waals surface area contributed by atoms with E-state index in [9.17, 15) is 9.59 Å². The van der Waals surface area contributed by atoms with E-state index in [1.165, 1.54) is 22.7 Å². The highest BCUT2D eigenvalue weighted by molar-refractivity contribution is 7.21. The normalized spacial score (nSPS) is 10.8.